The first-order valence-corrected chi connectivity index (χ1v) is 10.3. The van der Waals surface area contributed by atoms with Gasteiger partial charge in [-0.3, -0.25) is 14.5 Å². The normalized spacial score (nSPS) is 21.5. The standard InChI is InChI=1S/C19H32N6O2/c1-2-23-9-3-4-17(23)12-21-18(26)6-5-16-7-10-24(11-8-16)19(27)13-25-15-20-14-22-25/h14-17H,2-13H2,1H3,(H,21,26). The lowest BCUT2D eigenvalue weighted by Crippen LogP contribution is -2.41. The number of hydrogen-bond donors (Lipinski definition) is 1. The summed E-state index contributed by atoms with van der Waals surface area (Å²) in [6, 6.07) is 0.512. The van der Waals surface area contributed by atoms with E-state index in [0.29, 0.717) is 18.4 Å². The summed E-state index contributed by atoms with van der Waals surface area (Å²) in [5, 5.41) is 7.10. The van der Waals surface area contributed by atoms with Gasteiger partial charge in [-0.05, 0) is 51.1 Å². The van der Waals surface area contributed by atoms with Crippen LogP contribution >= 0.6 is 0 Å². The van der Waals surface area contributed by atoms with E-state index >= 15 is 0 Å². The van der Waals surface area contributed by atoms with Crippen LogP contribution in [0.2, 0.25) is 0 Å². The zero-order valence-corrected chi connectivity index (χ0v) is 16.3. The zero-order chi connectivity index (χ0) is 19.1. The van der Waals surface area contributed by atoms with Crippen LogP contribution in [0.1, 0.15) is 45.4 Å². The smallest absolute Gasteiger partial charge is 0.244 e. The number of nitrogens with zero attached hydrogens (tertiary/aromatic N) is 5. The van der Waals surface area contributed by atoms with E-state index in [0.717, 1.165) is 52.0 Å². The SMILES string of the molecule is CCN1CCCC1CNC(=O)CCC1CCN(C(=O)Cn2cncn2)CC1. The number of likely N-dealkylation sites (tertiary alicyclic amines) is 2. The Morgan fingerprint density at radius 3 is 2.70 bits per heavy atom. The number of rotatable bonds is 8. The van der Waals surface area contributed by atoms with Gasteiger partial charge in [-0.15, -0.1) is 0 Å². The summed E-state index contributed by atoms with van der Waals surface area (Å²) in [7, 11) is 0. The molecule has 1 aromatic rings. The van der Waals surface area contributed by atoms with Crippen molar-refractivity contribution in [1.82, 2.24) is 29.9 Å². The Bertz CT molecular complexity index is 597. The molecule has 2 fully saturated rings. The lowest BCUT2D eigenvalue weighted by molar-refractivity contribution is -0.133. The number of carbonyl (C=O) groups excluding carboxylic acids is 2. The maximum absolute atomic E-state index is 12.3. The average molecular weight is 377 g/mol. The first kappa shape index (κ1) is 19.8. The van der Waals surface area contributed by atoms with Crippen molar-refractivity contribution in [3.63, 3.8) is 0 Å². The molecular formula is C19H32N6O2. The predicted octanol–water partition coefficient (Wildman–Crippen LogP) is 0.897. The van der Waals surface area contributed by atoms with Gasteiger partial charge in [0, 0.05) is 32.1 Å². The largest absolute Gasteiger partial charge is 0.355 e. The second-order valence-corrected chi connectivity index (χ2v) is 7.68. The van der Waals surface area contributed by atoms with Gasteiger partial charge in [-0.2, -0.15) is 5.10 Å². The lowest BCUT2D eigenvalue weighted by atomic mass is 9.92. The molecule has 0 bridgehead atoms. The van der Waals surface area contributed by atoms with Crippen molar-refractivity contribution in [1.29, 1.82) is 0 Å². The van der Waals surface area contributed by atoms with Crippen LogP contribution in [0, 0.1) is 5.92 Å². The molecule has 1 unspecified atom stereocenters. The van der Waals surface area contributed by atoms with Crippen LogP contribution in [0.3, 0.4) is 0 Å². The molecule has 8 heteroatoms. The Kier molecular flexibility index (Phi) is 7.20. The van der Waals surface area contributed by atoms with Crippen molar-refractivity contribution in [3.8, 4) is 0 Å². The molecule has 0 saturated carbocycles. The van der Waals surface area contributed by atoms with Gasteiger partial charge in [-0.1, -0.05) is 6.92 Å². The third kappa shape index (κ3) is 5.76. The fourth-order valence-electron chi connectivity index (χ4n) is 4.22. The Balaban J connectivity index is 1.30. The number of hydrogen-bond acceptors (Lipinski definition) is 5. The van der Waals surface area contributed by atoms with Gasteiger partial charge in [0.1, 0.15) is 19.2 Å². The first-order valence-electron chi connectivity index (χ1n) is 10.3. The van der Waals surface area contributed by atoms with E-state index in [1.165, 1.54) is 19.2 Å². The summed E-state index contributed by atoms with van der Waals surface area (Å²) >= 11 is 0. The van der Waals surface area contributed by atoms with Gasteiger partial charge in [0.05, 0.1) is 0 Å². The minimum atomic E-state index is 0.0914. The van der Waals surface area contributed by atoms with Gasteiger partial charge in [-0.25, -0.2) is 9.67 Å². The minimum absolute atomic E-state index is 0.0914. The van der Waals surface area contributed by atoms with Crippen LogP contribution in [0.25, 0.3) is 0 Å². The Hall–Kier alpha value is -1.96. The maximum Gasteiger partial charge on any atom is 0.244 e. The highest BCUT2D eigenvalue weighted by atomic mass is 16.2. The third-order valence-electron chi connectivity index (χ3n) is 5.95. The van der Waals surface area contributed by atoms with Gasteiger partial charge in [0.15, 0.2) is 0 Å². The summed E-state index contributed by atoms with van der Waals surface area (Å²) in [6.45, 7) is 6.98. The molecule has 0 spiro atoms. The molecule has 2 amide bonds. The summed E-state index contributed by atoms with van der Waals surface area (Å²) in [6.07, 6.45) is 8.89. The fourth-order valence-corrected chi connectivity index (χ4v) is 4.22. The van der Waals surface area contributed by atoms with E-state index in [2.05, 4.69) is 27.2 Å². The predicted molar refractivity (Wildman–Crippen MR) is 102 cm³/mol. The number of carbonyl (C=O) groups is 2. The molecule has 0 aliphatic carbocycles. The fraction of sp³-hybridized carbons (Fsp3) is 0.789. The van der Waals surface area contributed by atoms with Crippen LogP contribution in [-0.2, 0) is 16.1 Å². The van der Waals surface area contributed by atoms with Crippen molar-refractivity contribution in [2.75, 3.05) is 32.7 Å². The van der Waals surface area contributed by atoms with Crippen molar-refractivity contribution in [2.24, 2.45) is 5.92 Å². The van der Waals surface area contributed by atoms with E-state index in [1.807, 2.05) is 4.90 Å². The van der Waals surface area contributed by atoms with Crippen LogP contribution in [-0.4, -0.2) is 75.1 Å². The molecule has 3 rings (SSSR count). The Labute approximate surface area is 161 Å². The highest BCUT2D eigenvalue weighted by Crippen LogP contribution is 2.22. The Morgan fingerprint density at radius 1 is 1.19 bits per heavy atom. The average Bonchev–Trinajstić information content (AvgIpc) is 3.36. The van der Waals surface area contributed by atoms with Gasteiger partial charge in [0.2, 0.25) is 11.8 Å². The highest BCUT2D eigenvalue weighted by Gasteiger charge is 2.25. The van der Waals surface area contributed by atoms with Crippen molar-refractivity contribution < 1.29 is 9.59 Å². The third-order valence-corrected chi connectivity index (χ3v) is 5.95. The van der Waals surface area contributed by atoms with E-state index in [1.54, 1.807) is 11.0 Å². The van der Waals surface area contributed by atoms with E-state index in [-0.39, 0.29) is 18.4 Å². The molecule has 1 aromatic heterocycles. The molecule has 1 N–H and O–H groups in total. The summed E-state index contributed by atoms with van der Waals surface area (Å²) < 4.78 is 1.56. The van der Waals surface area contributed by atoms with E-state index < -0.39 is 0 Å². The molecular weight excluding hydrogens is 344 g/mol. The first-order chi connectivity index (χ1) is 13.2. The molecule has 1 atom stereocenters. The zero-order valence-electron chi connectivity index (χ0n) is 16.3. The molecule has 8 nitrogen and oxygen atoms in total. The number of nitrogens with one attached hydrogen (secondary N) is 1. The maximum atomic E-state index is 12.3. The molecule has 0 aromatic carbocycles. The topological polar surface area (TPSA) is 83.4 Å². The van der Waals surface area contributed by atoms with Gasteiger partial charge in [0.25, 0.3) is 0 Å². The van der Waals surface area contributed by atoms with E-state index in [9.17, 15) is 9.59 Å². The summed E-state index contributed by atoms with van der Waals surface area (Å²) in [5.74, 6) is 0.793. The summed E-state index contributed by atoms with van der Waals surface area (Å²) in [4.78, 5) is 32.7. The number of amides is 2. The molecule has 0 radical (unpaired) electrons. The van der Waals surface area contributed by atoms with Gasteiger partial charge < -0.3 is 10.2 Å². The van der Waals surface area contributed by atoms with Crippen molar-refractivity contribution in [2.45, 2.75) is 58.0 Å². The van der Waals surface area contributed by atoms with Crippen LogP contribution < -0.4 is 5.32 Å². The number of aromatic nitrogens is 3. The summed E-state index contributed by atoms with van der Waals surface area (Å²) in [5.41, 5.74) is 0. The molecule has 27 heavy (non-hydrogen) atoms. The van der Waals surface area contributed by atoms with Crippen LogP contribution in [0.4, 0.5) is 0 Å². The molecule has 2 saturated heterocycles. The lowest BCUT2D eigenvalue weighted by Gasteiger charge is -2.32. The van der Waals surface area contributed by atoms with Gasteiger partial charge >= 0.3 is 0 Å². The van der Waals surface area contributed by atoms with Crippen LogP contribution in [0.15, 0.2) is 12.7 Å². The van der Waals surface area contributed by atoms with Crippen molar-refractivity contribution in [3.05, 3.63) is 12.7 Å². The van der Waals surface area contributed by atoms with E-state index in [4.69, 9.17) is 0 Å². The molecule has 150 valence electrons. The molecule has 2 aliphatic heterocycles. The second-order valence-electron chi connectivity index (χ2n) is 7.68. The molecule has 3 heterocycles. The highest BCUT2D eigenvalue weighted by molar-refractivity contribution is 5.76. The number of likely N-dealkylation sites (N-methyl/N-ethyl adjacent to an activating group) is 1. The minimum Gasteiger partial charge on any atom is -0.355 e. The quantitative estimate of drug-likeness (QED) is 0.729. The monoisotopic (exact) mass is 376 g/mol. The number of piperidine rings is 1. The Morgan fingerprint density at radius 2 is 2.00 bits per heavy atom. The molecule has 2 aliphatic rings. The second kappa shape index (κ2) is 9.82. The van der Waals surface area contributed by atoms with Crippen LogP contribution in [0.5, 0.6) is 0 Å². The van der Waals surface area contributed by atoms with Crippen molar-refractivity contribution >= 4 is 11.8 Å².